The Morgan fingerprint density at radius 2 is 2.25 bits per heavy atom. The number of hydrazine groups is 1. The number of hydrogen-bond donors (Lipinski definition) is 2. The fourth-order valence-corrected chi connectivity index (χ4v) is 2.37. The zero-order valence-corrected chi connectivity index (χ0v) is 12.1. The zero-order valence-electron chi connectivity index (χ0n) is 12.1. The number of benzene rings is 1. The van der Waals surface area contributed by atoms with Crippen LogP contribution < -0.4 is 11.3 Å². The molecule has 0 bridgehead atoms. The molecular formula is C15H24N4O. The number of nitrogens with one attached hydrogen (secondary N) is 1. The van der Waals surface area contributed by atoms with Gasteiger partial charge in [-0.3, -0.25) is 5.43 Å². The first-order valence-corrected chi connectivity index (χ1v) is 7.30. The van der Waals surface area contributed by atoms with Crippen molar-refractivity contribution in [3.05, 3.63) is 30.3 Å². The molecule has 1 aliphatic rings. The van der Waals surface area contributed by atoms with E-state index in [0.717, 1.165) is 44.6 Å². The predicted molar refractivity (Wildman–Crippen MR) is 81.7 cm³/mol. The number of rotatable bonds is 4. The molecule has 1 aromatic carbocycles. The maximum Gasteiger partial charge on any atom is 0.213 e. The summed E-state index contributed by atoms with van der Waals surface area (Å²) in [6, 6.07) is 9.84. The van der Waals surface area contributed by atoms with Gasteiger partial charge in [0.1, 0.15) is 0 Å². The third-order valence-corrected chi connectivity index (χ3v) is 3.36. The van der Waals surface area contributed by atoms with Gasteiger partial charge in [-0.25, -0.2) is 10.8 Å². The van der Waals surface area contributed by atoms with E-state index in [1.165, 1.54) is 0 Å². The number of ether oxygens (including phenoxy) is 1. The van der Waals surface area contributed by atoms with Gasteiger partial charge in [0.25, 0.3) is 0 Å². The molecule has 3 N–H and O–H groups in total. The Bertz CT molecular complexity index is 421. The predicted octanol–water partition coefficient (Wildman–Crippen LogP) is 2.03. The van der Waals surface area contributed by atoms with Crippen molar-refractivity contribution >= 4 is 11.6 Å². The molecular weight excluding hydrogens is 252 g/mol. The van der Waals surface area contributed by atoms with Crippen molar-refractivity contribution in [1.29, 1.82) is 0 Å². The summed E-state index contributed by atoms with van der Waals surface area (Å²) in [7, 11) is 0. The minimum atomic E-state index is 0.276. The maximum absolute atomic E-state index is 5.84. The molecule has 1 aromatic rings. The normalized spacial score (nSPS) is 20.0. The maximum atomic E-state index is 5.84. The second-order valence-electron chi connectivity index (χ2n) is 5.00. The molecule has 0 aromatic heterocycles. The summed E-state index contributed by atoms with van der Waals surface area (Å²) in [6.45, 7) is 4.75. The number of hydrogen-bond acceptors (Lipinski definition) is 3. The highest BCUT2D eigenvalue weighted by Gasteiger charge is 2.22. The highest BCUT2D eigenvalue weighted by atomic mass is 16.5. The Hall–Kier alpha value is -1.59. The molecule has 1 heterocycles. The summed E-state index contributed by atoms with van der Waals surface area (Å²) >= 11 is 0. The molecule has 0 aliphatic carbocycles. The first-order chi connectivity index (χ1) is 9.83. The van der Waals surface area contributed by atoms with Gasteiger partial charge < -0.3 is 9.64 Å². The van der Waals surface area contributed by atoms with Crippen LogP contribution in [0, 0.1) is 0 Å². The highest BCUT2D eigenvalue weighted by Crippen LogP contribution is 2.16. The van der Waals surface area contributed by atoms with Crippen LogP contribution in [-0.2, 0) is 4.74 Å². The second kappa shape index (κ2) is 7.87. The quantitative estimate of drug-likeness (QED) is 0.382. The van der Waals surface area contributed by atoms with Gasteiger partial charge in [-0.05, 0) is 31.4 Å². The van der Waals surface area contributed by atoms with E-state index in [1.807, 2.05) is 30.3 Å². The van der Waals surface area contributed by atoms with E-state index >= 15 is 0 Å². The van der Waals surface area contributed by atoms with Gasteiger partial charge in [0, 0.05) is 19.7 Å². The fraction of sp³-hybridized carbons (Fsp3) is 0.533. The SMILES string of the molecule is CCCOC1CCCN(C(=Nc2ccccc2)NN)C1. The first-order valence-electron chi connectivity index (χ1n) is 7.30. The van der Waals surface area contributed by atoms with Gasteiger partial charge in [-0.15, -0.1) is 0 Å². The molecule has 5 heteroatoms. The molecule has 0 spiro atoms. The standard InChI is InChI=1S/C15H24N4O/c1-2-11-20-14-9-6-10-19(12-14)15(18-16)17-13-7-4-3-5-8-13/h3-5,7-8,14H,2,6,9-12,16H2,1H3,(H,17,18). The lowest BCUT2D eigenvalue weighted by Crippen LogP contribution is -2.50. The topological polar surface area (TPSA) is 62.9 Å². The summed E-state index contributed by atoms with van der Waals surface area (Å²) in [5, 5.41) is 0. The van der Waals surface area contributed by atoms with E-state index < -0.39 is 0 Å². The van der Waals surface area contributed by atoms with E-state index in [1.54, 1.807) is 0 Å². The summed E-state index contributed by atoms with van der Waals surface area (Å²) < 4.78 is 5.84. The highest BCUT2D eigenvalue weighted by molar-refractivity contribution is 5.82. The number of para-hydroxylation sites is 1. The van der Waals surface area contributed by atoms with Crippen molar-refractivity contribution in [2.45, 2.75) is 32.3 Å². The lowest BCUT2D eigenvalue weighted by Gasteiger charge is -2.34. The van der Waals surface area contributed by atoms with Crippen LogP contribution in [0.1, 0.15) is 26.2 Å². The summed E-state index contributed by atoms with van der Waals surface area (Å²) in [5.41, 5.74) is 3.62. The van der Waals surface area contributed by atoms with E-state index in [2.05, 4.69) is 22.2 Å². The van der Waals surface area contributed by atoms with Gasteiger partial charge in [0.2, 0.25) is 5.96 Å². The molecule has 1 saturated heterocycles. The van der Waals surface area contributed by atoms with Crippen LogP contribution in [0.2, 0.25) is 0 Å². The third-order valence-electron chi connectivity index (χ3n) is 3.36. The lowest BCUT2D eigenvalue weighted by molar-refractivity contribution is 0.0158. The van der Waals surface area contributed by atoms with Crippen molar-refractivity contribution in [2.75, 3.05) is 19.7 Å². The van der Waals surface area contributed by atoms with Gasteiger partial charge in [-0.1, -0.05) is 25.1 Å². The Morgan fingerprint density at radius 1 is 1.45 bits per heavy atom. The Balaban J connectivity index is 2.01. The van der Waals surface area contributed by atoms with E-state index in [0.29, 0.717) is 5.96 Å². The van der Waals surface area contributed by atoms with Gasteiger partial charge >= 0.3 is 0 Å². The van der Waals surface area contributed by atoms with Gasteiger partial charge in [-0.2, -0.15) is 0 Å². The lowest BCUT2D eigenvalue weighted by atomic mass is 10.1. The molecule has 1 aliphatic heterocycles. The molecule has 2 rings (SSSR count). The number of likely N-dealkylation sites (tertiary alicyclic amines) is 1. The molecule has 20 heavy (non-hydrogen) atoms. The number of piperidine rings is 1. The molecule has 110 valence electrons. The first kappa shape index (κ1) is 14.8. The van der Waals surface area contributed by atoms with E-state index in [-0.39, 0.29) is 6.10 Å². The van der Waals surface area contributed by atoms with Gasteiger partial charge in [0.15, 0.2) is 0 Å². The Morgan fingerprint density at radius 3 is 2.95 bits per heavy atom. The Labute approximate surface area is 120 Å². The van der Waals surface area contributed by atoms with Crippen LogP contribution in [0.4, 0.5) is 5.69 Å². The van der Waals surface area contributed by atoms with Gasteiger partial charge in [0.05, 0.1) is 11.8 Å². The molecule has 1 unspecified atom stereocenters. The van der Waals surface area contributed by atoms with Crippen molar-refractivity contribution in [1.82, 2.24) is 10.3 Å². The third kappa shape index (κ3) is 4.21. The van der Waals surface area contributed by atoms with Crippen molar-refractivity contribution in [2.24, 2.45) is 10.8 Å². The molecule has 0 saturated carbocycles. The number of nitrogens with zero attached hydrogens (tertiary/aromatic N) is 2. The zero-order chi connectivity index (χ0) is 14.2. The van der Waals surface area contributed by atoms with Crippen LogP contribution in [-0.4, -0.2) is 36.7 Å². The molecule has 1 fully saturated rings. The minimum absolute atomic E-state index is 0.276. The van der Waals surface area contributed by atoms with E-state index in [9.17, 15) is 0 Å². The fourth-order valence-electron chi connectivity index (χ4n) is 2.37. The molecule has 0 amide bonds. The van der Waals surface area contributed by atoms with Crippen molar-refractivity contribution in [3.8, 4) is 0 Å². The number of guanidine groups is 1. The molecule has 0 radical (unpaired) electrons. The smallest absolute Gasteiger partial charge is 0.213 e. The van der Waals surface area contributed by atoms with Crippen LogP contribution in [0.3, 0.4) is 0 Å². The molecule has 1 atom stereocenters. The number of nitrogens with two attached hydrogens (primary N) is 1. The van der Waals surface area contributed by atoms with Crippen LogP contribution >= 0.6 is 0 Å². The average Bonchev–Trinajstić information content (AvgIpc) is 2.52. The van der Waals surface area contributed by atoms with Crippen molar-refractivity contribution < 1.29 is 4.74 Å². The summed E-state index contributed by atoms with van der Waals surface area (Å²) in [5.74, 6) is 6.34. The average molecular weight is 276 g/mol. The van der Waals surface area contributed by atoms with Crippen LogP contribution in [0.5, 0.6) is 0 Å². The van der Waals surface area contributed by atoms with Crippen LogP contribution in [0.15, 0.2) is 35.3 Å². The summed E-state index contributed by atoms with van der Waals surface area (Å²) in [6.07, 6.45) is 3.54. The second-order valence-corrected chi connectivity index (χ2v) is 5.00. The number of aliphatic imine (C=N–C) groups is 1. The Kier molecular flexibility index (Phi) is 5.83. The van der Waals surface area contributed by atoms with E-state index in [4.69, 9.17) is 10.6 Å². The molecule has 5 nitrogen and oxygen atoms in total. The summed E-state index contributed by atoms with van der Waals surface area (Å²) in [4.78, 5) is 6.73. The minimum Gasteiger partial charge on any atom is -0.376 e. The monoisotopic (exact) mass is 276 g/mol. The van der Waals surface area contributed by atoms with Crippen LogP contribution in [0.25, 0.3) is 0 Å². The van der Waals surface area contributed by atoms with Crippen molar-refractivity contribution in [3.63, 3.8) is 0 Å². The largest absolute Gasteiger partial charge is 0.376 e.